The highest BCUT2D eigenvalue weighted by molar-refractivity contribution is 5.83. The molecule has 1 heterocycles. The molecule has 2 aromatic carbocycles. The predicted octanol–water partition coefficient (Wildman–Crippen LogP) is 3.25. The van der Waals surface area contributed by atoms with Crippen molar-refractivity contribution in [2.75, 3.05) is 14.2 Å². The van der Waals surface area contributed by atoms with Gasteiger partial charge in [-0.25, -0.2) is 9.37 Å². The fourth-order valence-corrected chi connectivity index (χ4v) is 2.31. The van der Waals surface area contributed by atoms with E-state index >= 15 is 0 Å². The molecule has 0 amide bonds. The van der Waals surface area contributed by atoms with Crippen molar-refractivity contribution in [3.63, 3.8) is 0 Å². The smallest absolute Gasteiger partial charge is 0.259 e. The number of halogens is 1. The lowest BCUT2D eigenvalue weighted by Gasteiger charge is -2.08. The number of benzene rings is 2. The van der Waals surface area contributed by atoms with E-state index in [4.69, 9.17) is 9.47 Å². The lowest BCUT2D eigenvalue weighted by molar-refractivity contribution is 0.355. The van der Waals surface area contributed by atoms with Gasteiger partial charge in [0.15, 0.2) is 11.5 Å². The van der Waals surface area contributed by atoms with E-state index in [1.807, 2.05) is 0 Å². The molecule has 3 aromatic rings. The molecular weight excluding hydrogens is 311 g/mol. The summed E-state index contributed by atoms with van der Waals surface area (Å²) in [6.45, 7) is 0. The fraction of sp³-hybridized carbons (Fsp3) is 0.111. The molecule has 0 radical (unpaired) electrons. The van der Waals surface area contributed by atoms with Crippen molar-refractivity contribution in [1.82, 2.24) is 9.97 Å². The van der Waals surface area contributed by atoms with Gasteiger partial charge in [0.05, 0.1) is 25.1 Å². The van der Waals surface area contributed by atoms with Gasteiger partial charge in [0.25, 0.3) is 5.56 Å². The molecule has 0 atom stereocenters. The zero-order valence-corrected chi connectivity index (χ0v) is 13.2. The highest BCUT2D eigenvalue weighted by Gasteiger charge is 2.10. The Kier molecular flexibility index (Phi) is 4.29. The van der Waals surface area contributed by atoms with Crippen molar-refractivity contribution < 1.29 is 13.9 Å². The van der Waals surface area contributed by atoms with Crippen LogP contribution in [0.5, 0.6) is 11.5 Å². The molecule has 0 spiro atoms. The zero-order chi connectivity index (χ0) is 17.1. The molecule has 3 rings (SSSR count). The molecule has 0 aliphatic heterocycles. The molecule has 24 heavy (non-hydrogen) atoms. The number of hydrogen-bond donors (Lipinski definition) is 1. The summed E-state index contributed by atoms with van der Waals surface area (Å²) in [6.07, 6.45) is 3.40. The van der Waals surface area contributed by atoms with Gasteiger partial charge in [0.1, 0.15) is 11.6 Å². The highest BCUT2D eigenvalue weighted by atomic mass is 19.1. The van der Waals surface area contributed by atoms with Crippen LogP contribution in [-0.4, -0.2) is 24.2 Å². The monoisotopic (exact) mass is 326 g/mol. The molecule has 0 aliphatic rings. The minimum Gasteiger partial charge on any atom is -0.493 e. The van der Waals surface area contributed by atoms with E-state index < -0.39 is 0 Å². The summed E-state index contributed by atoms with van der Waals surface area (Å²) in [5.74, 6) is 1.05. The molecular formula is C18H15FN2O3. The molecule has 0 unspecified atom stereocenters. The van der Waals surface area contributed by atoms with Gasteiger partial charge in [-0.3, -0.25) is 4.79 Å². The standard InChI is InChI=1S/C18H15FN2O3/c1-23-15-9-13-14(10-16(15)24-2)20-17(21-18(13)22)8-5-11-3-6-12(19)7-4-11/h3-10H,1-2H3,(H,20,21,22). The molecule has 122 valence electrons. The third-order valence-electron chi connectivity index (χ3n) is 3.53. The van der Waals surface area contributed by atoms with E-state index in [1.54, 1.807) is 36.4 Å². The summed E-state index contributed by atoms with van der Waals surface area (Å²) >= 11 is 0. The van der Waals surface area contributed by atoms with Crippen molar-refractivity contribution >= 4 is 23.1 Å². The van der Waals surface area contributed by atoms with Crippen LogP contribution in [0.3, 0.4) is 0 Å². The van der Waals surface area contributed by atoms with Crippen LogP contribution >= 0.6 is 0 Å². The van der Waals surface area contributed by atoms with Gasteiger partial charge in [0, 0.05) is 6.07 Å². The lowest BCUT2D eigenvalue weighted by atomic mass is 10.2. The second-order valence-electron chi connectivity index (χ2n) is 5.06. The lowest BCUT2D eigenvalue weighted by Crippen LogP contribution is -2.10. The second-order valence-corrected chi connectivity index (χ2v) is 5.06. The van der Waals surface area contributed by atoms with Crippen LogP contribution < -0.4 is 15.0 Å². The summed E-state index contributed by atoms with van der Waals surface area (Å²) in [7, 11) is 3.03. The van der Waals surface area contributed by atoms with Gasteiger partial charge in [-0.1, -0.05) is 18.2 Å². The van der Waals surface area contributed by atoms with Gasteiger partial charge in [-0.2, -0.15) is 0 Å². The summed E-state index contributed by atoms with van der Waals surface area (Å²) in [5, 5.41) is 0.409. The average Bonchev–Trinajstić information content (AvgIpc) is 2.60. The van der Waals surface area contributed by atoms with Crippen molar-refractivity contribution in [2.45, 2.75) is 0 Å². The van der Waals surface area contributed by atoms with E-state index in [1.165, 1.54) is 26.4 Å². The molecule has 5 nitrogen and oxygen atoms in total. The first-order chi connectivity index (χ1) is 11.6. The third-order valence-corrected chi connectivity index (χ3v) is 3.53. The third kappa shape index (κ3) is 3.12. The average molecular weight is 326 g/mol. The van der Waals surface area contributed by atoms with E-state index in [0.29, 0.717) is 28.2 Å². The van der Waals surface area contributed by atoms with Gasteiger partial charge >= 0.3 is 0 Å². The SMILES string of the molecule is COc1cc2nc(C=Cc3ccc(F)cc3)[nH]c(=O)c2cc1OC. The Morgan fingerprint density at radius 1 is 1.04 bits per heavy atom. The first kappa shape index (κ1) is 15.7. The first-order valence-electron chi connectivity index (χ1n) is 7.20. The van der Waals surface area contributed by atoms with Crippen molar-refractivity contribution in [3.05, 3.63) is 64.0 Å². The van der Waals surface area contributed by atoms with Crippen LogP contribution in [0, 0.1) is 5.82 Å². The van der Waals surface area contributed by atoms with Crippen molar-refractivity contribution in [1.29, 1.82) is 0 Å². The number of aromatic nitrogens is 2. The highest BCUT2D eigenvalue weighted by Crippen LogP contribution is 2.29. The Bertz CT molecular complexity index is 962. The maximum Gasteiger partial charge on any atom is 0.259 e. The molecule has 0 aliphatic carbocycles. The predicted molar refractivity (Wildman–Crippen MR) is 90.8 cm³/mol. The number of nitrogens with one attached hydrogen (secondary N) is 1. The Morgan fingerprint density at radius 2 is 1.71 bits per heavy atom. The van der Waals surface area contributed by atoms with E-state index in [0.717, 1.165) is 5.56 Å². The number of aromatic amines is 1. The Labute approximate surface area is 137 Å². The maximum atomic E-state index is 12.9. The van der Waals surface area contributed by atoms with Gasteiger partial charge in [0.2, 0.25) is 0 Å². The summed E-state index contributed by atoms with van der Waals surface area (Å²) in [5.41, 5.74) is 1.02. The van der Waals surface area contributed by atoms with E-state index in [2.05, 4.69) is 9.97 Å². The zero-order valence-electron chi connectivity index (χ0n) is 13.2. The molecule has 1 aromatic heterocycles. The van der Waals surface area contributed by atoms with E-state index in [-0.39, 0.29) is 11.4 Å². The Balaban J connectivity index is 2.03. The van der Waals surface area contributed by atoms with Crippen LogP contribution in [-0.2, 0) is 0 Å². The number of ether oxygens (including phenoxy) is 2. The number of fused-ring (bicyclic) bond motifs is 1. The van der Waals surface area contributed by atoms with Crippen LogP contribution in [0.15, 0.2) is 41.2 Å². The Morgan fingerprint density at radius 3 is 2.38 bits per heavy atom. The molecule has 0 bridgehead atoms. The van der Waals surface area contributed by atoms with E-state index in [9.17, 15) is 9.18 Å². The number of H-pyrrole nitrogens is 1. The van der Waals surface area contributed by atoms with Crippen LogP contribution in [0.4, 0.5) is 4.39 Å². The second kappa shape index (κ2) is 6.54. The van der Waals surface area contributed by atoms with Crippen molar-refractivity contribution in [2.24, 2.45) is 0 Å². The van der Waals surface area contributed by atoms with Crippen molar-refractivity contribution in [3.8, 4) is 11.5 Å². The number of methoxy groups -OCH3 is 2. The van der Waals surface area contributed by atoms with Gasteiger partial charge in [-0.05, 0) is 29.8 Å². The van der Waals surface area contributed by atoms with Crippen LogP contribution in [0.1, 0.15) is 11.4 Å². The Hall–Kier alpha value is -3.15. The quantitative estimate of drug-likeness (QED) is 0.799. The topological polar surface area (TPSA) is 64.2 Å². The molecule has 0 saturated carbocycles. The number of hydrogen-bond acceptors (Lipinski definition) is 4. The summed E-state index contributed by atoms with van der Waals surface area (Å²) in [4.78, 5) is 19.3. The molecule has 1 N–H and O–H groups in total. The van der Waals surface area contributed by atoms with Crippen LogP contribution in [0.25, 0.3) is 23.1 Å². The minimum atomic E-state index is -0.301. The molecule has 6 heteroatoms. The summed E-state index contributed by atoms with van der Waals surface area (Å²) < 4.78 is 23.3. The number of nitrogens with zero attached hydrogens (tertiary/aromatic N) is 1. The largest absolute Gasteiger partial charge is 0.493 e. The number of rotatable bonds is 4. The first-order valence-corrected chi connectivity index (χ1v) is 7.20. The van der Waals surface area contributed by atoms with Gasteiger partial charge < -0.3 is 14.5 Å². The maximum absolute atomic E-state index is 12.9. The molecule has 0 fully saturated rings. The summed E-state index contributed by atoms with van der Waals surface area (Å²) in [6, 6.07) is 9.25. The molecule has 0 saturated heterocycles. The van der Waals surface area contributed by atoms with Gasteiger partial charge in [-0.15, -0.1) is 0 Å². The van der Waals surface area contributed by atoms with Crippen LogP contribution in [0.2, 0.25) is 0 Å². The fourth-order valence-electron chi connectivity index (χ4n) is 2.31. The normalized spacial score (nSPS) is 11.1. The minimum absolute atomic E-state index is 0.278.